The molecule has 1 amide bonds. The van der Waals surface area contributed by atoms with Crippen LogP contribution in [0.1, 0.15) is 4.88 Å². The molecule has 1 atom stereocenters. The van der Waals surface area contributed by atoms with Crippen LogP contribution in [0.4, 0.5) is 9.93 Å². The zero-order valence-corrected chi connectivity index (χ0v) is 11.8. The van der Waals surface area contributed by atoms with E-state index in [0.29, 0.717) is 20.7 Å². The average molecular weight is 314 g/mol. The molecule has 5 N–H and O–H groups in total. The number of thiazole rings is 1. The van der Waals surface area contributed by atoms with Crippen LogP contribution in [0.5, 0.6) is 0 Å². The van der Waals surface area contributed by atoms with Crippen LogP contribution in [-0.2, 0) is 6.42 Å². The van der Waals surface area contributed by atoms with Gasteiger partial charge in [-0.3, -0.25) is 5.32 Å². The van der Waals surface area contributed by atoms with Crippen molar-refractivity contribution in [1.82, 2.24) is 10.3 Å². The number of nitrogens with one attached hydrogen (secondary N) is 1. The molecule has 1 aromatic carbocycles. The van der Waals surface area contributed by atoms with Gasteiger partial charge in [-0.05, 0) is 12.1 Å². The molecule has 0 radical (unpaired) electrons. The van der Waals surface area contributed by atoms with Gasteiger partial charge < -0.3 is 15.9 Å². The summed E-state index contributed by atoms with van der Waals surface area (Å²) >= 11 is 7.04. The summed E-state index contributed by atoms with van der Waals surface area (Å²) in [6.45, 7) is 0. The number of aliphatic hydroxyl groups is 1. The number of anilines is 1. The van der Waals surface area contributed by atoms with Gasteiger partial charge in [0.1, 0.15) is 6.23 Å². The summed E-state index contributed by atoms with van der Waals surface area (Å²) in [6.07, 6.45) is -2.40. The molecule has 0 bridgehead atoms. The largest absolute Gasteiger partial charge is 0.465 e. The molecule has 2 aromatic rings. The lowest BCUT2D eigenvalue weighted by molar-refractivity contribution is 0.122. The van der Waals surface area contributed by atoms with Gasteiger partial charge in [-0.15, -0.1) is 11.3 Å². The zero-order valence-electron chi connectivity index (χ0n) is 10.2. The second-order valence-corrected chi connectivity index (χ2v) is 5.55. The van der Waals surface area contributed by atoms with Crippen LogP contribution >= 0.6 is 22.9 Å². The maximum Gasteiger partial charge on any atom is 0.406 e. The van der Waals surface area contributed by atoms with Gasteiger partial charge in [-0.2, -0.15) is 0 Å². The van der Waals surface area contributed by atoms with Gasteiger partial charge in [-0.1, -0.05) is 23.7 Å². The third-order valence-corrected chi connectivity index (χ3v) is 3.66. The van der Waals surface area contributed by atoms with Gasteiger partial charge in [0.15, 0.2) is 5.13 Å². The van der Waals surface area contributed by atoms with Crippen LogP contribution in [-0.4, -0.2) is 27.5 Å². The molecule has 0 saturated heterocycles. The van der Waals surface area contributed by atoms with E-state index in [9.17, 15) is 9.90 Å². The summed E-state index contributed by atoms with van der Waals surface area (Å²) in [4.78, 5) is 15.4. The fraction of sp³-hybridized carbons (Fsp3) is 0.167. The van der Waals surface area contributed by atoms with Crippen molar-refractivity contribution in [2.45, 2.75) is 12.6 Å². The van der Waals surface area contributed by atoms with Crippen LogP contribution in [0.25, 0.3) is 11.3 Å². The molecule has 8 heteroatoms. The topological polar surface area (TPSA) is 108 Å². The molecule has 0 spiro atoms. The minimum Gasteiger partial charge on any atom is -0.465 e. The van der Waals surface area contributed by atoms with E-state index in [2.05, 4.69) is 4.98 Å². The van der Waals surface area contributed by atoms with E-state index in [4.69, 9.17) is 22.4 Å². The van der Waals surface area contributed by atoms with Crippen molar-refractivity contribution in [1.29, 1.82) is 0 Å². The van der Waals surface area contributed by atoms with Crippen molar-refractivity contribution in [3.63, 3.8) is 0 Å². The summed E-state index contributed by atoms with van der Waals surface area (Å²) in [7, 11) is 0. The number of nitrogens with two attached hydrogens (primary N) is 1. The van der Waals surface area contributed by atoms with Crippen molar-refractivity contribution in [2.75, 3.05) is 5.73 Å². The number of nitrogens with zero attached hydrogens (tertiary/aromatic N) is 1. The lowest BCUT2D eigenvalue weighted by Crippen LogP contribution is -2.34. The number of carboxylic acid groups (broad SMARTS) is 1. The maximum absolute atomic E-state index is 10.5. The summed E-state index contributed by atoms with van der Waals surface area (Å²) in [5.41, 5.74) is 7.11. The number of benzene rings is 1. The minimum absolute atomic E-state index is 0.0964. The van der Waals surface area contributed by atoms with Crippen LogP contribution < -0.4 is 11.1 Å². The number of rotatable bonds is 4. The number of aromatic nitrogens is 1. The molecule has 106 valence electrons. The number of carbonyl (C=O) groups is 1. The number of nitrogen functional groups attached to an aromatic ring is 1. The van der Waals surface area contributed by atoms with Gasteiger partial charge in [0.05, 0.1) is 5.69 Å². The Morgan fingerprint density at radius 3 is 2.70 bits per heavy atom. The first-order valence-electron chi connectivity index (χ1n) is 5.64. The van der Waals surface area contributed by atoms with Crippen LogP contribution in [0.2, 0.25) is 5.02 Å². The lowest BCUT2D eigenvalue weighted by atomic mass is 10.1. The standard InChI is InChI=1S/C12H12ClN3O3S/c13-7-3-1-6(2-4-7)10-8(20-11(14)16-10)5-9(17)15-12(18)19/h1-4,9,15,17H,5H2,(H2,14,16)(H,18,19). The molecule has 2 rings (SSSR count). The molecule has 1 aromatic heterocycles. The number of aliphatic hydroxyl groups excluding tert-OH is 1. The first-order valence-corrected chi connectivity index (χ1v) is 6.84. The quantitative estimate of drug-likeness (QED) is 0.647. The van der Waals surface area contributed by atoms with E-state index in [1.165, 1.54) is 11.3 Å². The minimum atomic E-state index is -1.29. The summed E-state index contributed by atoms with van der Waals surface area (Å²) < 4.78 is 0. The monoisotopic (exact) mass is 313 g/mol. The Bertz CT molecular complexity index is 615. The Hall–Kier alpha value is -1.83. The Balaban J connectivity index is 2.26. The van der Waals surface area contributed by atoms with E-state index in [0.717, 1.165) is 5.56 Å². The van der Waals surface area contributed by atoms with Crippen molar-refractivity contribution in [2.24, 2.45) is 0 Å². The molecular weight excluding hydrogens is 302 g/mol. The Morgan fingerprint density at radius 2 is 2.10 bits per heavy atom. The van der Waals surface area contributed by atoms with E-state index in [-0.39, 0.29) is 6.42 Å². The Labute approximate surface area is 123 Å². The predicted octanol–water partition coefficient (Wildman–Crippen LogP) is 2.17. The van der Waals surface area contributed by atoms with E-state index < -0.39 is 12.3 Å². The summed E-state index contributed by atoms with van der Waals surface area (Å²) in [5.74, 6) is 0. The van der Waals surface area contributed by atoms with Crippen molar-refractivity contribution < 1.29 is 15.0 Å². The zero-order chi connectivity index (χ0) is 14.7. The molecule has 1 heterocycles. The number of amides is 1. The Morgan fingerprint density at radius 1 is 1.45 bits per heavy atom. The fourth-order valence-electron chi connectivity index (χ4n) is 1.71. The van der Waals surface area contributed by atoms with Crippen LogP contribution in [0.15, 0.2) is 24.3 Å². The molecule has 0 saturated carbocycles. The van der Waals surface area contributed by atoms with Crippen LogP contribution in [0, 0.1) is 0 Å². The molecular formula is C12H12ClN3O3S. The number of halogens is 1. The third-order valence-electron chi connectivity index (χ3n) is 2.50. The SMILES string of the molecule is Nc1nc(-c2ccc(Cl)cc2)c(CC(O)NC(=O)O)s1. The second kappa shape index (κ2) is 6.08. The first-order chi connectivity index (χ1) is 9.45. The second-order valence-electron chi connectivity index (χ2n) is 4.00. The molecule has 6 nitrogen and oxygen atoms in total. The molecule has 1 unspecified atom stereocenters. The van der Waals surface area contributed by atoms with E-state index >= 15 is 0 Å². The smallest absolute Gasteiger partial charge is 0.406 e. The van der Waals surface area contributed by atoms with E-state index in [1.807, 2.05) is 5.32 Å². The summed E-state index contributed by atoms with van der Waals surface area (Å²) in [5, 5.41) is 21.1. The molecule has 0 aliphatic rings. The van der Waals surface area contributed by atoms with Gasteiger partial charge in [0.25, 0.3) is 0 Å². The number of hydrogen-bond acceptors (Lipinski definition) is 5. The highest BCUT2D eigenvalue weighted by molar-refractivity contribution is 7.15. The van der Waals surface area contributed by atoms with E-state index in [1.54, 1.807) is 24.3 Å². The number of hydrogen-bond donors (Lipinski definition) is 4. The third kappa shape index (κ3) is 3.60. The maximum atomic E-state index is 10.5. The Kier molecular flexibility index (Phi) is 4.43. The molecule has 0 aliphatic carbocycles. The molecule has 0 fully saturated rings. The summed E-state index contributed by atoms with van der Waals surface area (Å²) in [6, 6.07) is 7.03. The van der Waals surface area contributed by atoms with Crippen molar-refractivity contribution in [3.8, 4) is 11.3 Å². The molecule has 0 aliphatic heterocycles. The normalized spacial score (nSPS) is 12.1. The average Bonchev–Trinajstić information content (AvgIpc) is 2.70. The lowest BCUT2D eigenvalue weighted by Gasteiger charge is -2.09. The highest BCUT2D eigenvalue weighted by Gasteiger charge is 2.16. The predicted molar refractivity (Wildman–Crippen MR) is 77.8 cm³/mol. The van der Waals surface area contributed by atoms with Gasteiger partial charge in [0, 0.05) is 21.9 Å². The first kappa shape index (κ1) is 14.6. The van der Waals surface area contributed by atoms with Gasteiger partial charge in [0.2, 0.25) is 0 Å². The highest BCUT2D eigenvalue weighted by Crippen LogP contribution is 2.31. The molecule has 20 heavy (non-hydrogen) atoms. The van der Waals surface area contributed by atoms with Crippen molar-refractivity contribution in [3.05, 3.63) is 34.2 Å². The van der Waals surface area contributed by atoms with Gasteiger partial charge >= 0.3 is 6.09 Å². The highest BCUT2D eigenvalue weighted by atomic mass is 35.5. The van der Waals surface area contributed by atoms with Crippen molar-refractivity contribution >= 4 is 34.2 Å². The van der Waals surface area contributed by atoms with Gasteiger partial charge in [-0.25, -0.2) is 9.78 Å². The van der Waals surface area contributed by atoms with Crippen LogP contribution in [0.3, 0.4) is 0 Å². The fourth-order valence-corrected chi connectivity index (χ4v) is 2.73.